The topological polar surface area (TPSA) is 132 Å². The average molecular weight is 679 g/mol. The number of nitriles is 1. The third kappa shape index (κ3) is 8.00. The van der Waals surface area contributed by atoms with Crippen LogP contribution < -0.4 is 14.2 Å². The molecule has 0 radical (unpaired) electrons. The highest BCUT2D eigenvalue weighted by Gasteiger charge is 2.48. The lowest BCUT2D eigenvalue weighted by atomic mass is 9.89. The Morgan fingerprint density at radius 1 is 1.04 bits per heavy atom. The molecule has 260 valence electrons. The zero-order valence-corrected chi connectivity index (χ0v) is 28.0. The Morgan fingerprint density at radius 3 is 2.47 bits per heavy atom. The molecule has 3 saturated heterocycles. The number of carbonyl (C=O) groups is 1. The summed E-state index contributed by atoms with van der Waals surface area (Å²) in [6.07, 6.45) is 0.865. The quantitative estimate of drug-likeness (QED) is 0.286. The van der Waals surface area contributed by atoms with Crippen LogP contribution in [0.4, 0.5) is 13.6 Å². The second-order valence-electron chi connectivity index (χ2n) is 13.5. The Balaban J connectivity index is 1.11. The molecule has 0 saturated carbocycles. The minimum atomic E-state index is -3.36. The molecule has 1 unspecified atom stereocenters. The summed E-state index contributed by atoms with van der Waals surface area (Å²) in [4.78, 5) is 28.9. The van der Waals surface area contributed by atoms with Gasteiger partial charge in [-0.1, -0.05) is 0 Å². The summed E-state index contributed by atoms with van der Waals surface area (Å²) in [7, 11) is 1.59. The number of alkyl halides is 2. The predicted octanol–water partition coefficient (Wildman–Crippen LogP) is 5.81. The molecule has 3 aromatic rings. The molecule has 2 aromatic heterocycles. The summed E-state index contributed by atoms with van der Waals surface area (Å²) >= 11 is 0. The van der Waals surface area contributed by atoms with Gasteiger partial charge in [0.05, 0.1) is 44.2 Å². The van der Waals surface area contributed by atoms with Crippen molar-refractivity contribution >= 4 is 6.09 Å². The number of pyridine rings is 1. The van der Waals surface area contributed by atoms with Crippen LogP contribution in [0.3, 0.4) is 0 Å². The van der Waals surface area contributed by atoms with E-state index in [-0.39, 0.29) is 30.2 Å². The molecular weight excluding hydrogens is 638 g/mol. The summed E-state index contributed by atoms with van der Waals surface area (Å²) in [5.74, 6) is -2.00. The highest BCUT2D eigenvalue weighted by Crippen LogP contribution is 2.37. The van der Waals surface area contributed by atoms with Gasteiger partial charge in [-0.3, -0.25) is 4.90 Å². The number of benzene rings is 1. The number of hydrogen-bond donors (Lipinski definition) is 0. The number of ether oxygens (including phenoxy) is 5. The molecule has 14 heteroatoms. The lowest BCUT2D eigenvalue weighted by Gasteiger charge is -2.41. The Labute approximate surface area is 283 Å². The molecule has 3 fully saturated rings. The van der Waals surface area contributed by atoms with Crippen molar-refractivity contribution in [3.8, 4) is 40.7 Å². The molecule has 6 rings (SSSR count). The Kier molecular flexibility index (Phi) is 9.85. The van der Waals surface area contributed by atoms with Crippen LogP contribution in [0.25, 0.3) is 11.3 Å². The van der Waals surface area contributed by atoms with Crippen molar-refractivity contribution in [3.05, 3.63) is 53.9 Å². The van der Waals surface area contributed by atoms with Crippen molar-refractivity contribution in [3.63, 3.8) is 0 Å². The molecule has 1 atom stereocenters. The van der Waals surface area contributed by atoms with E-state index in [4.69, 9.17) is 23.7 Å². The van der Waals surface area contributed by atoms with Gasteiger partial charge in [0.2, 0.25) is 17.6 Å². The molecule has 5 heterocycles. The molecule has 0 aliphatic carbocycles. The van der Waals surface area contributed by atoms with Gasteiger partial charge >= 0.3 is 12.0 Å². The number of piperidine rings is 2. The maximum absolute atomic E-state index is 15.1. The first kappa shape index (κ1) is 34.3. The highest BCUT2D eigenvalue weighted by atomic mass is 19.3. The van der Waals surface area contributed by atoms with Crippen LogP contribution in [-0.2, 0) is 9.47 Å². The minimum absolute atomic E-state index is 0.00582. The fourth-order valence-electron chi connectivity index (χ4n) is 6.22. The zero-order chi connectivity index (χ0) is 34.8. The van der Waals surface area contributed by atoms with E-state index in [1.807, 2.05) is 12.1 Å². The second-order valence-corrected chi connectivity index (χ2v) is 13.5. The van der Waals surface area contributed by atoms with E-state index in [9.17, 15) is 10.1 Å². The number of rotatable bonds is 8. The van der Waals surface area contributed by atoms with Crippen molar-refractivity contribution < 1.29 is 37.3 Å². The van der Waals surface area contributed by atoms with Crippen LogP contribution in [0.5, 0.6) is 23.4 Å². The van der Waals surface area contributed by atoms with Gasteiger partial charge in [0.25, 0.3) is 0 Å². The van der Waals surface area contributed by atoms with Crippen molar-refractivity contribution in [2.24, 2.45) is 0 Å². The van der Waals surface area contributed by atoms with Crippen molar-refractivity contribution in [1.29, 1.82) is 5.26 Å². The Bertz CT molecular complexity index is 1700. The van der Waals surface area contributed by atoms with E-state index in [1.165, 1.54) is 18.5 Å². The molecular formula is C35H40F2N6O6. The lowest BCUT2D eigenvalue weighted by molar-refractivity contribution is -0.137. The fraction of sp³-hybridized carbons (Fsp3) is 0.514. The first-order valence-corrected chi connectivity index (χ1v) is 16.4. The molecule has 1 aromatic carbocycles. The number of methoxy groups -OCH3 is 1. The Hall–Kier alpha value is -4.61. The largest absolute Gasteiger partial charge is 0.483 e. The van der Waals surface area contributed by atoms with Gasteiger partial charge in [0.15, 0.2) is 6.10 Å². The minimum Gasteiger partial charge on any atom is -0.483 e. The van der Waals surface area contributed by atoms with E-state index in [1.54, 1.807) is 46.1 Å². The number of amides is 1. The molecule has 49 heavy (non-hydrogen) atoms. The van der Waals surface area contributed by atoms with Crippen LogP contribution in [0, 0.1) is 11.3 Å². The summed E-state index contributed by atoms with van der Waals surface area (Å²) in [6, 6.07) is 12.5. The molecule has 0 spiro atoms. The van der Waals surface area contributed by atoms with E-state index < -0.39 is 30.3 Å². The summed E-state index contributed by atoms with van der Waals surface area (Å²) in [5.41, 5.74) is 1.26. The fourth-order valence-corrected chi connectivity index (χ4v) is 6.22. The van der Waals surface area contributed by atoms with Gasteiger partial charge < -0.3 is 28.6 Å². The lowest BCUT2D eigenvalue weighted by Crippen LogP contribution is -2.56. The van der Waals surface area contributed by atoms with Gasteiger partial charge in [-0.25, -0.2) is 23.5 Å². The third-order valence-corrected chi connectivity index (χ3v) is 8.87. The molecule has 0 N–H and O–H groups in total. The van der Waals surface area contributed by atoms with Crippen LogP contribution in [0.1, 0.15) is 57.1 Å². The third-order valence-electron chi connectivity index (χ3n) is 8.87. The number of likely N-dealkylation sites (tertiary alicyclic amines) is 2. The smallest absolute Gasteiger partial charge is 0.410 e. The normalized spacial score (nSPS) is 20.2. The predicted molar refractivity (Wildman–Crippen MR) is 173 cm³/mol. The van der Waals surface area contributed by atoms with Gasteiger partial charge in [-0.2, -0.15) is 10.2 Å². The van der Waals surface area contributed by atoms with Crippen molar-refractivity contribution in [2.75, 3.05) is 46.5 Å². The summed E-state index contributed by atoms with van der Waals surface area (Å²) in [6.45, 7) is 7.83. The van der Waals surface area contributed by atoms with E-state index in [2.05, 4.69) is 19.9 Å². The van der Waals surface area contributed by atoms with Crippen LogP contribution in [-0.4, -0.2) is 101 Å². The van der Waals surface area contributed by atoms with Gasteiger partial charge in [0, 0.05) is 36.2 Å². The van der Waals surface area contributed by atoms with E-state index in [0.717, 1.165) is 49.6 Å². The molecule has 1 amide bonds. The first-order valence-electron chi connectivity index (χ1n) is 16.4. The standard InChI is InChI=1S/C35H40F2N6O6/c1-34(2,3)49-33(44)43-14-11-29(35(36,37)20-43)47-28-7-5-23(15-24(28)17-38)27-16-31(40-21-39-27)48-30-8-6-26(32(41-30)45-4)22-9-12-42(13-10-22)25-18-46-19-25/h5-8,15-16,21-22,25,29H,9-14,18-20H2,1-4H3. The van der Waals surface area contributed by atoms with Gasteiger partial charge in [-0.15, -0.1) is 0 Å². The van der Waals surface area contributed by atoms with Crippen LogP contribution in [0.15, 0.2) is 42.7 Å². The first-order chi connectivity index (χ1) is 23.4. The maximum atomic E-state index is 15.1. The number of hydrogen-bond acceptors (Lipinski definition) is 11. The van der Waals surface area contributed by atoms with Crippen LogP contribution in [0.2, 0.25) is 0 Å². The SMILES string of the molecule is COc1nc(Oc2cc(-c3ccc(OC4CCN(C(=O)OC(C)(C)C)CC4(F)F)c(C#N)c3)ncn2)ccc1C1CCN(C2COC2)CC1. The summed E-state index contributed by atoms with van der Waals surface area (Å²) in [5, 5.41) is 9.87. The number of nitrogens with zero attached hydrogens (tertiary/aromatic N) is 6. The van der Waals surface area contributed by atoms with Crippen LogP contribution >= 0.6 is 0 Å². The molecule has 0 bridgehead atoms. The van der Waals surface area contributed by atoms with Gasteiger partial charge in [-0.05, 0) is 76.9 Å². The van der Waals surface area contributed by atoms with Crippen molar-refractivity contribution in [2.45, 2.75) is 69.6 Å². The summed E-state index contributed by atoms with van der Waals surface area (Å²) < 4.78 is 58.1. The number of halogens is 2. The van der Waals surface area contributed by atoms with E-state index in [0.29, 0.717) is 35.0 Å². The van der Waals surface area contributed by atoms with E-state index >= 15 is 8.78 Å². The monoisotopic (exact) mass is 678 g/mol. The van der Waals surface area contributed by atoms with Gasteiger partial charge in [0.1, 0.15) is 23.7 Å². The molecule has 3 aliphatic heterocycles. The van der Waals surface area contributed by atoms with Crippen molar-refractivity contribution in [1.82, 2.24) is 24.8 Å². The Morgan fingerprint density at radius 2 is 1.82 bits per heavy atom. The average Bonchev–Trinajstić information content (AvgIpc) is 3.04. The second kappa shape index (κ2) is 14.1. The molecule has 3 aliphatic rings. The number of aromatic nitrogens is 3. The zero-order valence-electron chi connectivity index (χ0n) is 28.0. The maximum Gasteiger partial charge on any atom is 0.410 e. The number of carbonyl (C=O) groups excluding carboxylic acids is 1. The molecule has 12 nitrogen and oxygen atoms in total. The highest BCUT2D eigenvalue weighted by molar-refractivity contribution is 5.68.